The van der Waals surface area contributed by atoms with Crippen LogP contribution >= 0.6 is 0 Å². The number of amides is 1. The molecule has 0 saturated heterocycles. The zero-order chi connectivity index (χ0) is 18.2. The lowest BCUT2D eigenvalue weighted by atomic mass is 10.1. The number of hydrogen-bond donors (Lipinski definition) is 4. The van der Waals surface area contributed by atoms with Gasteiger partial charge in [-0.1, -0.05) is 30.3 Å². The van der Waals surface area contributed by atoms with Crippen molar-refractivity contribution in [1.82, 2.24) is 10.3 Å². The van der Waals surface area contributed by atoms with Crippen LogP contribution in [0.2, 0.25) is 0 Å². The Morgan fingerprint density at radius 3 is 2.56 bits per heavy atom. The summed E-state index contributed by atoms with van der Waals surface area (Å²) < 4.78 is 4.98. The molecule has 1 aromatic heterocycles. The smallest absolute Gasteiger partial charge is 0.407 e. The highest BCUT2D eigenvalue weighted by atomic mass is 16.5. The fourth-order valence-corrected chi connectivity index (χ4v) is 2.01. The normalized spacial score (nSPS) is 12.9. The molecule has 2 rings (SSSR count). The van der Waals surface area contributed by atoms with E-state index in [9.17, 15) is 19.8 Å². The van der Waals surface area contributed by atoms with Crippen molar-refractivity contribution in [3.8, 4) is 0 Å². The van der Waals surface area contributed by atoms with Crippen LogP contribution in [0.1, 0.15) is 27.7 Å². The first-order valence-electron chi connectivity index (χ1n) is 7.47. The van der Waals surface area contributed by atoms with Gasteiger partial charge >= 0.3 is 12.1 Å². The molecule has 0 radical (unpaired) electrons. The Bertz CT molecular complexity index is 722. The number of hydrogen-bond acceptors (Lipinski definition) is 6. The summed E-state index contributed by atoms with van der Waals surface area (Å²) in [6.45, 7) is -0.207. The highest BCUT2D eigenvalue weighted by Gasteiger charge is 2.21. The first kappa shape index (κ1) is 18.4. The molecule has 2 aromatic rings. The van der Waals surface area contributed by atoms with Gasteiger partial charge in [0.25, 0.3) is 0 Å². The Hall–Kier alpha value is -2.97. The molecule has 132 valence electrons. The van der Waals surface area contributed by atoms with E-state index in [0.717, 1.165) is 11.6 Å². The van der Waals surface area contributed by atoms with Gasteiger partial charge in [0, 0.05) is 12.7 Å². The van der Waals surface area contributed by atoms with Gasteiger partial charge < -0.3 is 25.4 Å². The third-order valence-corrected chi connectivity index (χ3v) is 3.36. The van der Waals surface area contributed by atoms with Crippen LogP contribution in [-0.2, 0) is 11.3 Å². The van der Waals surface area contributed by atoms with E-state index in [2.05, 4.69) is 10.3 Å². The number of nitrogens with zero attached hydrogens (tertiary/aromatic N) is 1. The minimum Gasteiger partial charge on any atom is -0.478 e. The number of nitrogens with one attached hydrogen (secondary N) is 1. The summed E-state index contributed by atoms with van der Waals surface area (Å²) in [4.78, 5) is 26.3. The molecule has 2 unspecified atom stereocenters. The molecule has 0 aliphatic carbocycles. The summed E-state index contributed by atoms with van der Waals surface area (Å²) in [5.41, 5.74) is 0.742. The molecule has 8 nitrogen and oxygen atoms in total. The molecule has 0 saturated carbocycles. The SMILES string of the molecule is O=C(NCC(O)C(O)c1cc(C(=O)O)ccn1)OCc1ccccc1. The molecule has 0 bridgehead atoms. The number of aliphatic hydroxyl groups is 2. The molecule has 0 aliphatic rings. The Balaban J connectivity index is 1.82. The first-order valence-corrected chi connectivity index (χ1v) is 7.47. The van der Waals surface area contributed by atoms with Gasteiger partial charge in [0.05, 0.1) is 11.3 Å². The second kappa shape index (κ2) is 8.76. The number of carbonyl (C=O) groups is 2. The average molecular weight is 346 g/mol. The number of carboxylic acids is 1. The predicted octanol–water partition coefficient (Wildman–Crippen LogP) is 1.10. The van der Waals surface area contributed by atoms with Crippen molar-refractivity contribution in [2.24, 2.45) is 0 Å². The zero-order valence-electron chi connectivity index (χ0n) is 13.2. The van der Waals surface area contributed by atoms with Crippen molar-refractivity contribution >= 4 is 12.1 Å². The number of benzene rings is 1. The quantitative estimate of drug-likeness (QED) is 0.591. The van der Waals surface area contributed by atoms with Crippen LogP contribution in [0.25, 0.3) is 0 Å². The molecule has 25 heavy (non-hydrogen) atoms. The maximum atomic E-state index is 11.6. The van der Waals surface area contributed by atoms with Crippen LogP contribution in [0.5, 0.6) is 0 Å². The van der Waals surface area contributed by atoms with Crippen LogP contribution in [0.4, 0.5) is 4.79 Å². The minimum absolute atomic E-state index is 0.00754. The van der Waals surface area contributed by atoms with Gasteiger partial charge in [0.15, 0.2) is 0 Å². The summed E-state index contributed by atoms with van der Waals surface area (Å²) in [6, 6.07) is 11.5. The van der Waals surface area contributed by atoms with Crippen molar-refractivity contribution in [3.05, 3.63) is 65.5 Å². The third-order valence-electron chi connectivity index (χ3n) is 3.36. The summed E-state index contributed by atoms with van der Waals surface area (Å²) in [7, 11) is 0. The molecule has 8 heteroatoms. The zero-order valence-corrected chi connectivity index (χ0v) is 13.2. The molecule has 0 fully saturated rings. The number of ether oxygens (including phenoxy) is 1. The van der Waals surface area contributed by atoms with E-state index in [4.69, 9.17) is 9.84 Å². The van der Waals surface area contributed by atoms with Crippen LogP contribution in [0.3, 0.4) is 0 Å². The largest absolute Gasteiger partial charge is 0.478 e. The van der Waals surface area contributed by atoms with Crippen molar-refractivity contribution in [3.63, 3.8) is 0 Å². The second-order valence-corrected chi connectivity index (χ2v) is 5.23. The lowest BCUT2D eigenvalue weighted by molar-refractivity contribution is 0.0158. The fourth-order valence-electron chi connectivity index (χ4n) is 2.01. The summed E-state index contributed by atoms with van der Waals surface area (Å²) in [5.74, 6) is -1.17. The van der Waals surface area contributed by atoms with Crippen molar-refractivity contribution in [1.29, 1.82) is 0 Å². The number of carboxylic acid groups (broad SMARTS) is 1. The van der Waals surface area contributed by atoms with E-state index in [-0.39, 0.29) is 24.4 Å². The van der Waals surface area contributed by atoms with Gasteiger partial charge in [0.2, 0.25) is 0 Å². The predicted molar refractivity (Wildman–Crippen MR) is 86.8 cm³/mol. The number of aromatic nitrogens is 1. The molecular weight excluding hydrogens is 328 g/mol. The van der Waals surface area contributed by atoms with Crippen molar-refractivity contribution in [2.75, 3.05) is 6.54 Å². The van der Waals surface area contributed by atoms with Crippen molar-refractivity contribution < 1.29 is 29.6 Å². The Morgan fingerprint density at radius 1 is 1.16 bits per heavy atom. The van der Waals surface area contributed by atoms with Crippen LogP contribution in [0.15, 0.2) is 48.7 Å². The molecule has 0 aliphatic heterocycles. The molecule has 2 atom stereocenters. The van der Waals surface area contributed by atoms with Crippen molar-refractivity contribution in [2.45, 2.75) is 18.8 Å². The number of alkyl carbamates (subject to hydrolysis) is 1. The van der Waals surface area contributed by atoms with Gasteiger partial charge in [-0.25, -0.2) is 9.59 Å². The standard InChI is InChI=1S/C17H18N2O6/c20-14(15(21)13-8-12(16(22)23)6-7-18-13)9-19-17(24)25-10-11-4-2-1-3-5-11/h1-8,14-15,20-21H,9-10H2,(H,19,24)(H,22,23). The molecule has 1 amide bonds. The number of aromatic carboxylic acids is 1. The van der Waals surface area contributed by atoms with Gasteiger partial charge in [-0.15, -0.1) is 0 Å². The van der Waals surface area contributed by atoms with Gasteiger partial charge in [-0.05, 0) is 17.7 Å². The number of pyridine rings is 1. The second-order valence-electron chi connectivity index (χ2n) is 5.23. The summed E-state index contributed by atoms with van der Waals surface area (Å²) in [6.07, 6.45) is -2.35. The fraction of sp³-hybridized carbons (Fsp3) is 0.235. The highest BCUT2D eigenvalue weighted by Crippen LogP contribution is 2.15. The van der Waals surface area contributed by atoms with E-state index in [1.54, 1.807) is 12.1 Å². The van der Waals surface area contributed by atoms with E-state index >= 15 is 0 Å². The van der Waals surface area contributed by atoms with Gasteiger partial charge in [-0.3, -0.25) is 4.98 Å². The van der Waals surface area contributed by atoms with Gasteiger partial charge in [-0.2, -0.15) is 0 Å². The van der Waals surface area contributed by atoms with Crippen LogP contribution in [0, 0.1) is 0 Å². The van der Waals surface area contributed by atoms with E-state index in [1.165, 1.54) is 12.3 Å². The minimum atomic E-state index is -1.45. The molecule has 1 heterocycles. The summed E-state index contributed by atoms with van der Waals surface area (Å²) >= 11 is 0. The van der Waals surface area contributed by atoms with Crippen LogP contribution in [-0.4, -0.2) is 45.0 Å². The highest BCUT2D eigenvalue weighted by molar-refractivity contribution is 5.87. The topological polar surface area (TPSA) is 129 Å². The van der Waals surface area contributed by atoms with Crippen LogP contribution < -0.4 is 5.32 Å². The maximum absolute atomic E-state index is 11.6. The molecular formula is C17H18N2O6. The molecule has 1 aromatic carbocycles. The van der Waals surface area contributed by atoms with E-state index in [1.807, 2.05) is 18.2 Å². The van der Waals surface area contributed by atoms with E-state index in [0.29, 0.717) is 0 Å². The number of rotatable bonds is 7. The summed E-state index contributed by atoms with van der Waals surface area (Å²) in [5, 5.41) is 31.2. The number of carbonyl (C=O) groups excluding carboxylic acids is 1. The Kier molecular flexibility index (Phi) is 6.44. The maximum Gasteiger partial charge on any atom is 0.407 e. The number of aliphatic hydroxyl groups excluding tert-OH is 2. The van der Waals surface area contributed by atoms with Gasteiger partial charge in [0.1, 0.15) is 18.8 Å². The monoisotopic (exact) mass is 346 g/mol. The Morgan fingerprint density at radius 2 is 1.88 bits per heavy atom. The lowest BCUT2D eigenvalue weighted by Crippen LogP contribution is -2.36. The third kappa shape index (κ3) is 5.55. The average Bonchev–Trinajstić information content (AvgIpc) is 2.64. The first-order chi connectivity index (χ1) is 12.0. The van der Waals surface area contributed by atoms with E-state index < -0.39 is 24.3 Å². The molecule has 0 spiro atoms. The lowest BCUT2D eigenvalue weighted by Gasteiger charge is -2.18. The Labute approximate surface area is 143 Å². The molecule has 4 N–H and O–H groups in total.